The Morgan fingerprint density at radius 1 is 1.03 bits per heavy atom. The molecular weight excluding hydrogens is 436 g/mol. The molecule has 2 aromatic carbocycles. The van der Waals surface area contributed by atoms with Crippen molar-refractivity contribution in [3.8, 4) is 11.5 Å². The van der Waals surface area contributed by atoms with Crippen LogP contribution in [-0.4, -0.2) is 46.1 Å². The van der Waals surface area contributed by atoms with Crippen LogP contribution in [0, 0.1) is 0 Å². The molecule has 0 aliphatic rings. The van der Waals surface area contributed by atoms with Gasteiger partial charge in [0.15, 0.2) is 17.1 Å². The molecule has 0 spiro atoms. The average molecular weight is 460 g/mol. The lowest BCUT2D eigenvalue weighted by atomic mass is 10.2. The molecule has 0 amide bonds. The van der Waals surface area contributed by atoms with E-state index in [-0.39, 0.29) is 23.4 Å². The van der Waals surface area contributed by atoms with Crippen molar-refractivity contribution < 1.29 is 19.0 Å². The Labute approximate surface area is 194 Å². The average Bonchev–Trinajstić information content (AvgIpc) is 3.17. The second kappa shape index (κ2) is 8.66. The van der Waals surface area contributed by atoms with E-state index in [0.29, 0.717) is 44.6 Å². The van der Waals surface area contributed by atoms with Crippen LogP contribution in [0.4, 0.5) is 0 Å². The molecular formula is C25H24N4O5. The van der Waals surface area contributed by atoms with Crippen LogP contribution in [-0.2, 0) is 4.74 Å². The van der Waals surface area contributed by atoms with Crippen LogP contribution in [0.2, 0.25) is 0 Å². The Bertz CT molecular complexity index is 1620. The van der Waals surface area contributed by atoms with Gasteiger partial charge in [0.05, 0.1) is 42.8 Å². The topological polar surface area (TPSA) is 108 Å². The number of nitrogens with one attached hydrogen (secondary N) is 1. The van der Waals surface area contributed by atoms with E-state index in [1.165, 1.54) is 14.2 Å². The molecule has 9 nitrogen and oxygen atoms in total. The molecule has 9 heteroatoms. The fraction of sp³-hybridized carbons (Fsp3) is 0.280. The second-order valence-corrected chi connectivity index (χ2v) is 7.97. The number of esters is 1. The van der Waals surface area contributed by atoms with Gasteiger partial charge in [-0.1, -0.05) is 31.9 Å². The van der Waals surface area contributed by atoms with Gasteiger partial charge in [-0.05, 0) is 24.6 Å². The van der Waals surface area contributed by atoms with E-state index < -0.39 is 5.97 Å². The minimum Gasteiger partial charge on any atom is -0.493 e. The van der Waals surface area contributed by atoms with E-state index >= 15 is 0 Å². The number of ether oxygens (including phenoxy) is 3. The number of aromatic amines is 1. The zero-order valence-electron chi connectivity index (χ0n) is 19.2. The summed E-state index contributed by atoms with van der Waals surface area (Å²) in [7, 11) is 3.03. The van der Waals surface area contributed by atoms with Gasteiger partial charge in [0.2, 0.25) is 0 Å². The first kappa shape index (κ1) is 21.7. The number of unbranched alkanes of at least 4 members (excludes halogenated alkanes) is 2. The lowest BCUT2D eigenvalue weighted by molar-refractivity contribution is 0.0502. The second-order valence-electron chi connectivity index (χ2n) is 7.97. The number of hydrogen-bond acceptors (Lipinski definition) is 7. The first-order valence-corrected chi connectivity index (χ1v) is 11.1. The molecule has 1 N–H and O–H groups in total. The molecule has 3 aromatic heterocycles. The van der Waals surface area contributed by atoms with Crippen LogP contribution in [0.3, 0.4) is 0 Å². The number of benzene rings is 2. The van der Waals surface area contributed by atoms with Crippen molar-refractivity contribution in [3.63, 3.8) is 0 Å². The van der Waals surface area contributed by atoms with Crippen molar-refractivity contribution in [3.05, 3.63) is 52.3 Å². The smallest absolute Gasteiger partial charge is 0.344 e. The highest BCUT2D eigenvalue weighted by Gasteiger charge is 2.26. The Hall–Kier alpha value is -4.14. The summed E-state index contributed by atoms with van der Waals surface area (Å²) in [6, 6.07) is 10.7. The molecule has 174 valence electrons. The molecule has 0 saturated carbocycles. The highest BCUT2D eigenvalue weighted by Crippen LogP contribution is 2.34. The number of carbonyl (C=O) groups is 1. The minimum absolute atomic E-state index is 0.179. The van der Waals surface area contributed by atoms with E-state index in [4.69, 9.17) is 24.2 Å². The molecule has 34 heavy (non-hydrogen) atoms. The van der Waals surface area contributed by atoms with E-state index in [9.17, 15) is 9.59 Å². The number of rotatable bonds is 7. The van der Waals surface area contributed by atoms with Crippen molar-refractivity contribution >= 4 is 44.7 Å². The summed E-state index contributed by atoms with van der Waals surface area (Å²) in [6.07, 6.45) is 2.73. The number of fused-ring (bicyclic) bond motifs is 6. The number of para-hydroxylation sites is 2. The van der Waals surface area contributed by atoms with Crippen LogP contribution in [0.5, 0.6) is 11.5 Å². The highest BCUT2D eigenvalue weighted by molar-refractivity contribution is 6.11. The Kier molecular flexibility index (Phi) is 5.53. The lowest BCUT2D eigenvalue weighted by Crippen LogP contribution is -2.13. The van der Waals surface area contributed by atoms with E-state index in [1.807, 2.05) is 24.3 Å². The number of aromatic nitrogens is 4. The third-order valence-corrected chi connectivity index (χ3v) is 5.87. The zero-order chi connectivity index (χ0) is 23.8. The van der Waals surface area contributed by atoms with Gasteiger partial charge in [0.25, 0.3) is 5.56 Å². The molecule has 0 aliphatic heterocycles. The molecule has 5 rings (SSSR count). The minimum atomic E-state index is -0.552. The largest absolute Gasteiger partial charge is 0.493 e. The Balaban J connectivity index is 1.88. The standard InChI is InChI=1S/C25H24N4O5/c1-4-5-8-11-34-25(31)20-21-23(27-16-10-7-6-9-15(16)26-21)29-17-13-19(33-3)18(32-2)12-14(17)24(30)28-22(20)29/h6-7,9-10,12-13H,4-5,8,11H2,1-3H3,(H,28,30). The molecule has 5 aromatic rings. The Morgan fingerprint density at radius 3 is 2.44 bits per heavy atom. The summed E-state index contributed by atoms with van der Waals surface area (Å²) in [5.41, 5.74) is 2.68. The number of methoxy groups -OCH3 is 2. The van der Waals surface area contributed by atoms with Crippen molar-refractivity contribution in [2.75, 3.05) is 20.8 Å². The summed E-state index contributed by atoms with van der Waals surface area (Å²) < 4.78 is 18.1. The third kappa shape index (κ3) is 3.40. The fourth-order valence-electron chi connectivity index (χ4n) is 4.19. The number of nitrogens with zero attached hydrogens (tertiary/aromatic N) is 3. The SMILES string of the molecule is CCCCCOC(=O)c1c2nc3ccccc3nc2n2c1[nH]c(=O)c1cc(OC)c(OC)cc12. The summed E-state index contributed by atoms with van der Waals surface area (Å²) in [6.45, 7) is 2.37. The van der Waals surface area contributed by atoms with Crippen LogP contribution in [0.25, 0.3) is 38.7 Å². The van der Waals surface area contributed by atoms with Gasteiger partial charge in [0.1, 0.15) is 16.7 Å². The normalized spacial score (nSPS) is 11.5. The lowest BCUT2D eigenvalue weighted by Gasteiger charge is -2.10. The molecule has 3 heterocycles. The molecule has 0 fully saturated rings. The first-order chi connectivity index (χ1) is 16.6. The molecule has 0 aliphatic carbocycles. The van der Waals surface area contributed by atoms with Gasteiger partial charge in [-0.15, -0.1) is 0 Å². The maximum absolute atomic E-state index is 13.2. The van der Waals surface area contributed by atoms with Gasteiger partial charge >= 0.3 is 5.97 Å². The van der Waals surface area contributed by atoms with Gasteiger partial charge < -0.3 is 19.2 Å². The third-order valence-electron chi connectivity index (χ3n) is 5.87. The van der Waals surface area contributed by atoms with Crippen molar-refractivity contribution in [1.29, 1.82) is 0 Å². The number of H-pyrrole nitrogens is 1. The summed E-state index contributed by atoms with van der Waals surface area (Å²) in [4.78, 5) is 38.7. The van der Waals surface area contributed by atoms with Gasteiger partial charge in [-0.25, -0.2) is 14.8 Å². The van der Waals surface area contributed by atoms with Gasteiger partial charge in [0, 0.05) is 6.07 Å². The maximum Gasteiger partial charge on any atom is 0.344 e. The fourth-order valence-corrected chi connectivity index (χ4v) is 4.19. The van der Waals surface area contributed by atoms with Crippen LogP contribution in [0.15, 0.2) is 41.2 Å². The van der Waals surface area contributed by atoms with E-state index in [2.05, 4.69) is 11.9 Å². The van der Waals surface area contributed by atoms with Crippen LogP contribution in [0.1, 0.15) is 36.5 Å². The van der Waals surface area contributed by atoms with Gasteiger partial charge in [-0.2, -0.15) is 0 Å². The molecule has 0 bridgehead atoms. The maximum atomic E-state index is 13.2. The summed E-state index contributed by atoms with van der Waals surface area (Å²) in [5, 5.41) is 0.361. The monoisotopic (exact) mass is 460 g/mol. The quantitative estimate of drug-likeness (QED) is 0.286. The molecule has 0 radical (unpaired) electrons. The summed E-state index contributed by atoms with van der Waals surface area (Å²) >= 11 is 0. The van der Waals surface area contributed by atoms with Crippen LogP contribution < -0.4 is 15.0 Å². The first-order valence-electron chi connectivity index (χ1n) is 11.1. The predicted molar refractivity (Wildman–Crippen MR) is 129 cm³/mol. The summed E-state index contributed by atoms with van der Waals surface area (Å²) in [5.74, 6) is 0.313. The van der Waals surface area contributed by atoms with E-state index in [0.717, 1.165) is 19.3 Å². The zero-order valence-corrected chi connectivity index (χ0v) is 19.2. The Morgan fingerprint density at radius 2 is 1.74 bits per heavy atom. The number of carbonyl (C=O) groups excluding carboxylic acids is 1. The number of hydrogen-bond donors (Lipinski definition) is 1. The van der Waals surface area contributed by atoms with Crippen molar-refractivity contribution in [1.82, 2.24) is 19.4 Å². The predicted octanol–water partition coefficient (Wildman–Crippen LogP) is 4.24. The van der Waals surface area contributed by atoms with Crippen molar-refractivity contribution in [2.45, 2.75) is 26.2 Å². The highest BCUT2D eigenvalue weighted by atomic mass is 16.5. The van der Waals surface area contributed by atoms with Crippen LogP contribution >= 0.6 is 0 Å². The molecule has 0 unspecified atom stereocenters. The van der Waals surface area contributed by atoms with E-state index in [1.54, 1.807) is 16.5 Å². The van der Waals surface area contributed by atoms with Crippen molar-refractivity contribution in [2.24, 2.45) is 0 Å². The van der Waals surface area contributed by atoms with Gasteiger partial charge in [-0.3, -0.25) is 9.20 Å². The molecule has 0 saturated heterocycles. The molecule has 0 atom stereocenters.